The molecule has 1 aliphatic rings. The minimum Gasteiger partial charge on any atom is -0.475 e. The largest absolute Gasteiger partial charge is 0.490 e. The van der Waals surface area contributed by atoms with Gasteiger partial charge in [-0.1, -0.05) is 6.07 Å². The van der Waals surface area contributed by atoms with Gasteiger partial charge in [0.25, 0.3) is 0 Å². The number of amides is 1. The van der Waals surface area contributed by atoms with Crippen LogP contribution in [0.1, 0.15) is 22.4 Å². The highest BCUT2D eigenvalue weighted by Gasteiger charge is 2.38. The zero-order chi connectivity index (χ0) is 23.1. The van der Waals surface area contributed by atoms with E-state index in [9.17, 15) is 18.0 Å². The minimum atomic E-state index is -5.08. The molecule has 0 bridgehead atoms. The number of thiophene rings is 1. The first-order valence-corrected chi connectivity index (χ1v) is 10.5. The van der Waals surface area contributed by atoms with Crippen molar-refractivity contribution in [3.63, 3.8) is 0 Å². The van der Waals surface area contributed by atoms with Crippen LogP contribution in [0.25, 0.3) is 0 Å². The highest BCUT2D eigenvalue weighted by Crippen LogP contribution is 2.23. The summed E-state index contributed by atoms with van der Waals surface area (Å²) < 4.78 is 39.2. The van der Waals surface area contributed by atoms with Crippen molar-refractivity contribution >= 4 is 23.2 Å². The van der Waals surface area contributed by atoms with E-state index in [0.29, 0.717) is 19.6 Å². The third kappa shape index (κ3) is 6.44. The molecule has 32 heavy (non-hydrogen) atoms. The molecule has 12 heteroatoms. The van der Waals surface area contributed by atoms with Crippen LogP contribution in [0.15, 0.2) is 52.9 Å². The second-order valence-electron chi connectivity index (χ2n) is 6.98. The van der Waals surface area contributed by atoms with Gasteiger partial charge >= 0.3 is 12.1 Å². The number of carbonyl (C=O) groups excluding carboxylic acids is 1. The van der Waals surface area contributed by atoms with Crippen LogP contribution in [-0.4, -0.2) is 50.7 Å². The molecule has 172 valence electrons. The van der Waals surface area contributed by atoms with Gasteiger partial charge in [0.1, 0.15) is 11.8 Å². The molecule has 4 rings (SSSR count). The summed E-state index contributed by atoms with van der Waals surface area (Å²) in [4.78, 5) is 29.4. The van der Waals surface area contributed by atoms with Gasteiger partial charge in [0.15, 0.2) is 0 Å². The van der Waals surface area contributed by atoms with Gasteiger partial charge < -0.3 is 19.4 Å². The molecule has 0 radical (unpaired) electrons. The Hall–Kier alpha value is -3.12. The molecule has 3 aromatic heterocycles. The first-order chi connectivity index (χ1) is 15.2. The quantitative estimate of drug-likeness (QED) is 0.574. The van der Waals surface area contributed by atoms with E-state index in [1.165, 1.54) is 4.88 Å². The Morgan fingerprint density at radius 1 is 1.31 bits per heavy atom. The topological polar surface area (TPSA) is 101 Å². The lowest BCUT2D eigenvalue weighted by molar-refractivity contribution is -0.192. The lowest BCUT2D eigenvalue weighted by Gasteiger charge is -2.33. The van der Waals surface area contributed by atoms with E-state index in [2.05, 4.69) is 26.6 Å². The van der Waals surface area contributed by atoms with Gasteiger partial charge in [-0.15, -0.1) is 11.3 Å². The van der Waals surface area contributed by atoms with Gasteiger partial charge in [0.05, 0.1) is 24.8 Å². The standard InChI is InChI=1S/C18H20N4O2S.C2HF3O2/c23-18(20-6-5-16-4-2-8-25-16)17-12-21(11-15-3-1-7-24-15)10-14-9-19-13-22(14)17;3-2(4,5)1(6)7/h1-4,7-9,13,17H,5-6,10-12H2,(H,20,23);(H,6,7). The summed E-state index contributed by atoms with van der Waals surface area (Å²) in [5.74, 6) is -1.81. The van der Waals surface area contributed by atoms with Crippen molar-refractivity contribution in [3.8, 4) is 0 Å². The summed E-state index contributed by atoms with van der Waals surface area (Å²) in [7, 11) is 0. The third-order valence-corrected chi connectivity index (χ3v) is 5.59. The number of carbonyl (C=O) groups is 2. The second-order valence-corrected chi connectivity index (χ2v) is 8.01. The molecular formula is C20H21F3N4O4S. The molecular weight excluding hydrogens is 449 g/mol. The minimum absolute atomic E-state index is 0.0416. The van der Waals surface area contributed by atoms with Gasteiger partial charge in [0.2, 0.25) is 5.91 Å². The maximum Gasteiger partial charge on any atom is 0.490 e. The Balaban J connectivity index is 0.000000360. The first kappa shape index (κ1) is 23.5. The fourth-order valence-corrected chi connectivity index (χ4v) is 3.90. The summed E-state index contributed by atoms with van der Waals surface area (Å²) in [6.07, 6.45) is 1.05. The maximum atomic E-state index is 12.7. The monoisotopic (exact) mass is 470 g/mol. The van der Waals surface area contributed by atoms with E-state index in [4.69, 9.17) is 14.3 Å². The predicted octanol–water partition coefficient (Wildman–Crippen LogP) is 3.09. The number of nitrogens with one attached hydrogen (secondary N) is 1. The smallest absolute Gasteiger partial charge is 0.475 e. The summed E-state index contributed by atoms with van der Waals surface area (Å²) in [5.41, 5.74) is 1.05. The SMILES string of the molecule is O=C(NCCc1cccs1)C1CN(Cc2ccco2)Cc2cncn21.O=C(O)C(F)(F)F. The molecule has 0 saturated carbocycles. The van der Waals surface area contributed by atoms with E-state index in [-0.39, 0.29) is 11.9 Å². The third-order valence-electron chi connectivity index (χ3n) is 4.65. The first-order valence-electron chi connectivity index (χ1n) is 9.59. The number of aromatic nitrogens is 2. The van der Waals surface area contributed by atoms with Crippen LogP contribution >= 0.6 is 11.3 Å². The molecule has 0 aliphatic carbocycles. The van der Waals surface area contributed by atoms with Crippen molar-refractivity contribution in [2.75, 3.05) is 13.1 Å². The lowest BCUT2D eigenvalue weighted by atomic mass is 10.1. The highest BCUT2D eigenvalue weighted by atomic mass is 32.1. The van der Waals surface area contributed by atoms with Crippen molar-refractivity contribution in [1.82, 2.24) is 19.8 Å². The molecule has 3 aromatic rings. The molecule has 0 aromatic carbocycles. The van der Waals surface area contributed by atoms with Gasteiger partial charge in [-0.3, -0.25) is 9.69 Å². The average molecular weight is 470 g/mol. The lowest BCUT2D eigenvalue weighted by Crippen LogP contribution is -2.44. The fraction of sp³-hybridized carbons (Fsp3) is 0.350. The normalized spacial score (nSPS) is 16.0. The molecule has 1 atom stereocenters. The van der Waals surface area contributed by atoms with Crippen molar-refractivity contribution in [2.24, 2.45) is 0 Å². The second kappa shape index (κ2) is 10.5. The number of imidazole rings is 1. The van der Waals surface area contributed by atoms with Crippen molar-refractivity contribution < 1.29 is 32.3 Å². The van der Waals surface area contributed by atoms with Crippen LogP contribution in [0.5, 0.6) is 0 Å². The Morgan fingerprint density at radius 2 is 2.09 bits per heavy atom. The van der Waals surface area contributed by atoms with E-state index in [0.717, 1.165) is 24.4 Å². The Bertz CT molecular complexity index is 1000. The summed E-state index contributed by atoms with van der Waals surface area (Å²) in [5, 5.41) is 12.3. The average Bonchev–Trinajstić information content (AvgIpc) is 3.50. The van der Waals surface area contributed by atoms with Gasteiger partial charge in [-0.05, 0) is 30.0 Å². The number of hydrogen-bond acceptors (Lipinski definition) is 6. The number of halogens is 3. The fourth-order valence-electron chi connectivity index (χ4n) is 3.20. The molecule has 2 N–H and O–H groups in total. The Kier molecular flexibility index (Phi) is 7.70. The van der Waals surface area contributed by atoms with Crippen LogP contribution in [0.2, 0.25) is 0 Å². The number of carboxylic acid groups (broad SMARTS) is 1. The van der Waals surface area contributed by atoms with Crippen LogP contribution in [0.3, 0.4) is 0 Å². The van der Waals surface area contributed by atoms with E-state index in [1.54, 1.807) is 23.9 Å². The Labute approximate surface area is 185 Å². The number of alkyl halides is 3. The molecule has 1 amide bonds. The molecule has 8 nitrogen and oxygen atoms in total. The van der Waals surface area contributed by atoms with Crippen molar-refractivity contribution in [1.29, 1.82) is 0 Å². The van der Waals surface area contributed by atoms with Gasteiger partial charge in [0, 0.05) is 30.7 Å². The van der Waals surface area contributed by atoms with Crippen LogP contribution in [0.4, 0.5) is 13.2 Å². The summed E-state index contributed by atoms with van der Waals surface area (Å²) >= 11 is 1.72. The molecule has 0 saturated heterocycles. The number of carboxylic acids is 1. The zero-order valence-electron chi connectivity index (χ0n) is 16.8. The number of rotatable bonds is 6. The van der Waals surface area contributed by atoms with Crippen molar-refractivity contribution in [3.05, 3.63) is 64.8 Å². The number of hydrogen-bond donors (Lipinski definition) is 2. The Morgan fingerprint density at radius 3 is 2.72 bits per heavy atom. The summed E-state index contributed by atoms with van der Waals surface area (Å²) in [6, 6.07) is 7.72. The number of furan rings is 1. The van der Waals surface area contributed by atoms with Crippen LogP contribution in [-0.2, 0) is 29.1 Å². The van der Waals surface area contributed by atoms with Gasteiger partial charge in [-0.2, -0.15) is 13.2 Å². The van der Waals surface area contributed by atoms with E-state index >= 15 is 0 Å². The number of fused-ring (bicyclic) bond motifs is 1. The van der Waals surface area contributed by atoms with E-state index < -0.39 is 12.1 Å². The van der Waals surface area contributed by atoms with Crippen LogP contribution in [0, 0.1) is 0 Å². The molecule has 0 fully saturated rings. The highest BCUT2D eigenvalue weighted by molar-refractivity contribution is 7.09. The predicted molar refractivity (Wildman–Crippen MR) is 109 cm³/mol. The molecule has 1 aliphatic heterocycles. The van der Waals surface area contributed by atoms with Crippen LogP contribution < -0.4 is 5.32 Å². The molecule has 0 spiro atoms. The zero-order valence-corrected chi connectivity index (χ0v) is 17.6. The number of nitrogens with zero attached hydrogens (tertiary/aromatic N) is 3. The molecule has 4 heterocycles. The van der Waals surface area contributed by atoms with Crippen molar-refractivity contribution in [2.45, 2.75) is 31.7 Å². The van der Waals surface area contributed by atoms with Gasteiger partial charge in [-0.25, -0.2) is 9.78 Å². The number of aliphatic carboxylic acids is 1. The molecule has 1 unspecified atom stereocenters. The maximum absolute atomic E-state index is 12.7. The summed E-state index contributed by atoms with van der Waals surface area (Å²) in [6.45, 7) is 2.75. The van der Waals surface area contributed by atoms with E-state index in [1.807, 2.05) is 29.0 Å².